The Morgan fingerprint density at radius 1 is 1.00 bits per heavy atom. The summed E-state index contributed by atoms with van der Waals surface area (Å²) in [6, 6.07) is 17.6. The minimum atomic E-state index is -0.394. The van der Waals surface area contributed by atoms with Crippen LogP contribution in [0.1, 0.15) is 56.0 Å². The molecule has 5 nitrogen and oxygen atoms in total. The molecule has 0 spiro atoms. The van der Waals surface area contributed by atoms with E-state index in [1.807, 2.05) is 61.5 Å². The van der Waals surface area contributed by atoms with Crippen LogP contribution in [-0.4, -0.2) is 24.0 Å². The Labute approximate surface area is 202 Å². The Morgan fingerprint density at radius 2 is 1.76 bits per heavy atom. The second-order valence-corrected chi connectivity index (χ2v) is 9.76. The van der Waals surface area contributed by atoms with Gasteiger partial charge in [0.1, 0.15) is 5.00 Å². The minimum absolute atomic E-state index is 0.256. The molecule has 172 valence electrons. The van der Waals surface area contributed by atoms with Crippen LogP contribution in [-0.2, 0) is 17.6 Å². The number of hydrogen-bond donors (Lipinski definition) is 1. The number of esters is 1. The number of hydrogen-bond acceptors (Lipinski definition) is 5. The average molecular weight is 471 g/mol. The highest BCUT2D eigenvalue weighted by Gasteiger charge is 2.27. The van der Waals surface area contributed by atoms with E-state index in [-0.39, 0.29) is 5.91 Å². The normalized spacial score (nSPS) is 13.2. The molecule has 0 radical (unpaired) electrons. The molecule has 2 aromatic carbocycles. The highest BCUT2D eigenvalue weighted by molar-refractivity contribution is 7.17. The fourth-order valence-electron chi connectivity index (χ4n) is 4.55. The van der Waals surface area contributed by atoms with Crippen molar-refractivity contribution in [3.05, 3.63) is 81.7 Å². The summed E-state index contributed by atoms with van der Waals surface area (Å²) in [7, 11) is 1.39. The maximum atomic E-state index is 13.6. The average Bonchev–Trinajstić information content (AvgIpc) is 3.03. The van der Waals surface area contributed by atoms with Crippen LogP contribution in [0.25, 0.3) is 22.2 Å². The molecule has 1 amide bonds. The van der Waals surface area contributed by atoms with Gasteiger partial charge in [0.05, 0.1) is 29.4 Å². The zero-order valence-electron chi connectivity index (χ0n) is 19.3. The Balaban J connectivity index is 1.58. The molecule has 0 unspecified atom stereocenters. The number of thiophene rings is 1. The van der Waals surface area contributed by atoms with Gasteiger partial charge in [0, 0.05) is 15.8 Å². The summed E-state index contributed by atoms with van der Waals surface area (Å²) in [5.41, 5.74) is 5.67. The van der Waals surface area contributed by atoms with Crippen LogP contribution in [0.4, 0.5) is 5.00 Å². The number of aromatic nitrogens is 1. The van der Waals surface area contributed by atoms with Crippen LogP contribution in [0, 0.1) is 6.92 Å². The van der Waals surface area contributed by atoms with Crippen molar-refractivity contribution in [3.8, 4) is 11.3 Å². The van der Waals surface area contributed by atoms with Gasteiger partial charge < -0.3 is 10.1 Å². The van der Waals surface area contributed by atoms with Crippen molar-refractivity contribution in [3.63, 3.8) is 0 Å². The molecular formula is C28H26N2O3S. The van der Waals surface area contributed by atoms with Gasteiger partial charge in [0.15, 0.2) is 0 Å². The van der Waals surface area contributed by atoms with Crippen molar-refractivity contribution in [2.75, 3.05) is 12.4 Å². The van der Waals surface area contributed by atoms with Gasteiger partial charge in [-0.05, 0) is 50.3 Å². The van der Waals surface area contributed by atoms with Crippen LogP contribution in [0.2, 0.25) is 0 Å². The van der Waals surface area contributed by atoms with E-state index in [0.717, 1.165) is 65.4 Å². The van der Waals surface area contributed by atoms with Gasteiger partial charge in [-0.25, -0.2) is 9.78 Å². The molecular weight excluding hydrogens is 444 g/mol. The fraction of sp³-hybridized carbons (Fsp3) is 0.250. The molecule has 6 heteroatoms. The van der Waals surface area contributed by atoms with E-state index in [0.29, 0.717) is 16.1 Å². The predicted molar refractivity (Wildman–Crippen MR) is 137 cm³/mol. The number of carbonyl (C=O) groups excluding carboxylic acids is 2. The SMILES string of the molecule is COC(=O)c1c(NC(=O)c2cc(-c3ccc(C)cc3)nc3ccccc23)sc2c1CCCCC2. The van der Waals surface area contributed by atoms with Gasteiger partial charge >= 0.3 is 5.97 Å². The summed E-state index contributed by atoms with van der Waals surface area (Å²) >= 11 is 1.50. The predicted octanol–water partition coefficient (Wildman–Crippen LogP) is 6.58. The Kier molecular flexibility index (Phi) is 6.16. The molecule has 0 fully saturated rings. The number of para-hydroxylation sites is 1. The minimum Gasteiger partial charge on any atom is -0.465 e. The zero-order chi connectivity index (χ0) is 23.7. The highest BCUT2D eigenvalue weighted by atomic mass is 32.1. The van der Waals surface area contributed by atoms with Gasteiger partial charge in [-0.2, -0.15) is 0 Å². The number of ether oxygens (including phenoxy) is 1. The molecule has 5 rings (SSSR count). The molecule has 1 aliphatic carbocycles. The number of aryl methyl sites for hydroxylation is 2. The third-order valence-electron chi connectivity index (χ3n) is 6.35. The second kappa shape index (κ2) is 9.39. The summed E-state index contributed by atoms with van der Waals surface area (Å²) < 4.78 is 5.09. The standard InChI is InChI=1S/C28H26N2O3S/c1-17-12-14-18(15-13-17)23-16-21(19-8-6-7-10-22(19)29-23)26(31)30-27-25(28(32)33-2)20-9-4-3-5-11-24(20)34-27/h6-8,10,12-16H,3-5,9,11H2,1-2H3,(H,30,31). The van der Waals surface area contributed by atoms with E-state index in [1.165, 1.54) is 23.3 Å². The molecule has 0 saturated heterocycles. The first-order chi connectivity index (χ1) is 16.5. The summed E-state index contributed by atoms with van der Waals surface area (Å²) in [6.45, 7) is 2.04. The number of methoxy groups -OCH3 is 1. The largest absolute Gasteiger partial charge is 0.465 e. The lowest BCUT2D eigenvalue weighted by molar-refractivity contribution is 0.0601. The van der Waals surface area contributed by atoms with Crippen LogP contribution >= 0.6 is 11.3 Å². The molecule has 0 saturated carbocycles. The second-order valence-electron chi connectivity index (χ2n) is 8.65. The number of fused-ring (bicyclic) bond motifs is 2. The van der Waals surface area contributed by atoms with E-state index < -0.39 is 5.97 Å². The Morgan fingerprint density at radius 3 is 2.56 bits per heavy atom. The lowest BCUT2D eigenvalue weighted by atomic mass is 10.0. The molecule has 1 N–H and O–H groups in total. The van der Waals surface area contributed by atoms with Gasteiger partial charge in [-0.1, -0.05) is 54.4 Å². The molecule has 4 aromatic rings. The number of benzene rings is 2. The summed E-state index contributed by atoms with van der Waals surface area (Å²) in [6.07, 6.45) is 5.04. The smallest absolute Gasteiger partial charge is 0.341 e. The number of pyridine rings is 1. The van der Waals surface area contributed by atoms with Crippen LogP contribution in [0.15, 0.2) is 54.6 Å². The molecule has 0 atom stereocenters. The first-order valence-corrected chi connectivity index (χ1v) is 12.4. The summed E-state index contributed by atoms with van der Waals surface area (Å²) in [5, 5.41) is 4.39. The number of nitrogens with one attached hydrogen (secondary N) is 1. The van der Waals surface area contributed by atoms with Crippen LogP contribution in [0.5, 0.6) is 0 Å². The van der Waals surface area contributed by atoms with Gasteiger partial charge in [-0.15, -0.1) is 11.3 Å². The van der Waals surface area contributed by atoms with Gasteiger partial charge in [0.25, 0.3) is 5.91 Å². The number of carbonyl (C=O) groups is 2. The van der Waals surface area contributed by atoms with Crippen molar-refractivity contribution in [1.82, 2.24) is 4.98 Å². The van der Waals surface area contributed by atoms with Gasteiger partial charge in [0.2, 0.25) is 0 Å². The van der Waals surface area contributed by atoms with Crippen molar-refractivity contribution < 1.29 is 14.3 Å². The first kappa shape index (κ1) is 22.3. The molecule has 34 heavy (non-hydrogen) atoms. The van der Waals surface area contributed by atoms with E-state index in [2.05, 4.69) is 5.32 Å². The number of anilines is 1. The number of rotatable bonds is 4. The fourth-order valence-corrected chi connectivity index (χ4v) is 5.83. The molecule has 2 heterocycles. The molecule has 0 aliphatic heterocycles. The van der Waals surface area contributed by atoms with E-state index in [4.69, 9.17) is 9.72 Å². The molecule has 1 aliphatic rings. The van der Waals surface area contributed by atoms with Crippen LogP contribution < -0.4 is 5.32 Å². The van der Waals surface area contributed by atoms with Crippen molar-refractivity contribution in [2.45, 2.75) is 39.0 Å². The number of nitrogens with zero attached hydrogens (tertiary/aromatic N) is 1. The molecule has 2 aromatic heterocycles. The lowest BCUT2D eigenvalue weighted by Crippen LogP contribution is -2.15. The van der Waals surface area contributed by atoms with E-state index in [1.54, 1.807) is 0 Å². The van der Waals surface area contributed by atoms with E-state index in [9.17, 15) is 9.59 Å². The Hall–Kier alpha value is -3.51. The monoisotopic (exact) mass is 470 g/mol. The summed E-state index contributed by atoms with van der Waals surface area (Å²) in [4.78, 5) is 32.3. The van der Waals surface area contributed by atoms with Gasteiger partial charge in [-0.3, -0.25) is 4.79 Å². The topological polar surface area (TPSA) is 68.3 Å². The van der Waals surface area contributed by atoms with Crippen molar-refractivity contribution in [2.24, 2.45) is 0 Å². The maximum Gasteiger partial charge on any atom is 0.341 e. The van der Waals surface area contributed by atoms with Crippen LogP contribution in [0.3, 0.4) is 0 Å². The quantitative estimate of drug-likeness (QED) is 0.270. The van der Waals surface area contributed by atoms with Crippen molar-refractivity contribution >= 4 is 39.1 Å². The van der Waals surface area contributed by atoms with E-state index >= 15 is 0 Å². The third-order valence-corrected chi connectivity index (χ3v) is 7.55. The first-order valence-electron chi connectivity index (χ1n) is 11.6. The summed E-state index contributed by atoms with van der Waals surface area (Å²) in [5.74, 6) is -0.650. The van der Waals surface area contributed by atoms with Crippen molar-refractivity contribution in [1.29, 1.82) is 0 Å². The maximum absolute atomic E-state index is 13.6. The number of amides is 1. The highest BCUT2D eigenvalue weighted by Crippen LogP contribution is 2.38. The zero-order valence-corrected chi connectivity index (χ0v) is 20.1. The third kappa shape index (κ3) is 4.21. The lowest BCUT2D eigenvalue weighted by Gasteiger charge is -2.11. The molecule has 0 bridgehead atoms. The Bertz CT molecular complexity index is 1390.